The highest BCUT2D eigenvalue weighted by molar-refractivity contribution is 7.10. The van der Waals surface area contributed by atoms with Crippen LogP contribution in [-0.2, 0) is 0 Å². The third kappa shape index (κ3) is 5.26. The molecule has 0 unspecified atom stereocenters. The monoisotopic (exact) mass is 325 g/mol. The van der Waals surface area contributed by atoms with Crippen molar-refractivity contribution in [1.29, 1.82) is 0 Å². The molecule has 2 heterocycles. The van der Waals surface area contributed by atoms with Crippen LogP contribution >= 0.6 is 11.3 Å². The minimum absolute atomic E-state index is 0.215. The van der Waals surface area contributed by atoms with Gasteiger partial charge in [-0.2, -0.15) is 0 Å². The van der Waals surface area contributed by atoms with Gasteiger partial charge in [-0.25, -0.2) is 4.79 Å². The fourth-order valence-electron chi connectivity index (χ4n) is 2.72. The summed E-state index contributed by atoms with van der Waals surface area (Å²) in [5.41, 5.74) is 0. The molecule has 2 amide bonds. The number of piperidine rings is 1. The topological polar surface area (TPSA) is 64.6 Å². The van der Waals surface area contributed by atoms with Gasteiger partial charge in [-0.1, -0.05) is 13.0 Å². The first-order valence-electron chi connectivity index (χ1n) is 8.03. The predicted molar refractivity (Wildman–Crippen MR) is 90.1 cm³/mol. The van der Waals surface area contributed by atoms with E-state index < -0.39 is 6.10 Å². The molecule has 2 atom stereocenters. The Morgan fingerprint density at radius 1 is 1.41 bits per heavy atom. The maximum Gasteiger partial charge on any atom is 0.314 e. The van der Waals surface area contributed by atoms with Gasteiger partial charge >= 0.3 is 6.03 Å². The van der Waals surface area contributed by atoms with Crippen LogP contribution in [0.5, 0.6) is 0 Å². The minimum atomic E-state index is -0.526. The van der Waals surface area contributed by atoms with Gasteiger partial charge in [0.05, 0.1) is 12.1 Å². The lowest BCUT2D eigenvalue weighted by Gasteiger charge is -2.36. The smallest absolute Gasteiger partial charge is 0.314 e. The molecule has 1 fully saturated rings. The Morgan fingerprint density at radius 3 is 2.68 bits per heavy atom. The Balaban J connectivity index is 1.90. The number of hydrogen-bond donors (Lipinski definition) is 3. The molecule has 0 radical (unpaired) electrons. The fraction of sp³-hybridized carbons (Fsp3) is 0.688. The first kappa shape index (κ1) is 17.2. The highest BCUT2D eigenvalue weighted by atomic mass is 32.1. The number of hydrogen-bond acceptors (Lipinski definition) is 4. The molecular weight excluding hydrogens is 298 g/mol. The highest BCUT2D eigenvalue weighted by Crippen LogP contribution is 2.28. The van der Waals surface area contributed by atoms with Crippen molar-refractivity contribution in [2.45, 2.75) is 38.8 Å². The number of urea groups is 1. The SMILES string of the molecule is CC1CCN([C@H](CNC(=O)NC[C@H](C)O)c2cccs2)CC1. The summed E-state index contributed by atoms with van der Waals surface area (Å²) in [5.74, 6) is 0.794. The number of amides is 2. The Bertz CT molecular complexity index is 442. The van der Waals surface area contributed by atoms with E-state index in [4.69, 9.17) is 0 Å². The number of carbonyl (C=O) groups is 1. The van der Waals surface area contributed by atoms with Crippen molar-refractivity contribution in [1.82, 2.24) is 15.5 Å². The quantitative estimate of drug-likeness (QED) is 0.751. The van der Waals surface area contributed by atoms with Crippen LogP contribution in [0.4, 0.5) is 4.79 Å². The minimum Gasteiger partial charge on any atom is -0.392 e. The molecule has 124 valence electrons. The number of rotatable bonds is 6. The average molecular weight is 325 g/mol. The number of likely N-dealkylation sites (tertiary alicyclic amines) is 1. The first-order valence-corrected chi connectivity index (χ1v) is 8.91. The number of aliphatic hydroxyl groups excluding tert-OH is 1. The van der Waals surface area contributed by atoms with E-state index in [1.54, 1.807) is 18.3 Å². The lowest BCUT2D eigenvalue weighted by molar-refractivity contribution is 0.137. The molecule has 5 nitrogen and oxygen atoms in total. The van der Waals surface area contributed by atoms with Crippen molar-refractivity contribution in [2.75, 3.05) is 26.2 Å². The van der Waals surface area contributed by atoms with Crippen LogP contribution in [-0.4, -0.2) is 48.3 Å². The maximum atomic E-state index is 11.8. The van der Waals surface area contributed by atoms with E-state index in [1.165, 1.54) is 17.7 Å². The lowest BCUT2D eigenvalue weighted by Crippen LogP contribution is -2.45. The normalized spacial score (nSPS) is 19.6. The van der Waals surface area contributed by atoms with Gasteiger partial charge in [0, 0.05) is 18.0 Å². The van der Waals surface area contributed by atoms with E-state index in [0.29, 0.717) is 6.54 Å². The van der Waals surface area contributed by atoms with Gasteiger partial charge in [0.1, 0.15) is 0 Å². The summed E-state index contributed by atoms with van der Waals surface area (Å²) in [4.78, 5) is 15.6. The summed E-state index contributed by atoms with van der Waals surface area (Å²) >= 11 is 1.74. The summed E-state index contributed by atoms with van der Waals surface area (Å²) in [7, 11) is 0. The zero-order chi connectivity index (χ0) is 15.9. The molecule has 1 aromatic heterocycles. The number of nitrogens with one attached hydrogen (secondary N) is 2. The van der Waals surface area contributed by atoms with Gasteiger partial charge in [0.2, 0.25) is 0 Å². The summed E-state index contributed by atoms with van der Waals surface area (Å²) in [6.07, 6.45) is 1.91. The molecule has 3 N–H and O–H groups in total. The molecule has 1 saturated heterocycles. The van der Waals surface area contributed by atoms with Gasteiger partial charge in [-0.3, -0.25) is 4.90 Å². The molecule has 0 aliphatic carbocycles. The third-order valence-corrected chi connectivity index (χ3v) is 5.12. The van der Waals surface area contributed by atoms with E-state index in [-0.39, 0.29) is 18.6 Å². The molecule has 22 heavy (non-hydrogen) atoms. The van der Waals surface area contributed by atoms with Gasteiger partial charge in [-0.15, -0.1) is 11.3 Å². The highest BCUT2D eigenvalue weighted by Gasteiger charge is 2.25. The molecule has 0 aromatic carbocycles. The van der Waals surface area contributed by atoms with Crippen molar-refractivity contribution >= 4 is 17.4 Å². The predicted octanol–water partition coefficient (Wildman–Crippen LogP) is 2.20. The Kier molecular flexibility index (Phi) is 6.67. The number of carbonyl (C=O) groups excluding carboxylic acids is 1. The van der Waals surface area contributed by atoms with Crippen LogP contribution in [0.2, 0.25) is 0 Å². The number of nitrogens with zero attached hydrogens (tertiary/aromatic N) is 1. The first-order chi connectivity index (χ1) is 10.6. The van der Waals surface area contributed by atoms with Crippen LogP contribution in [0.15, 0.2) is 17.5 Å². The molecule has 0 spiro atoms. The van der Waals surface area contributed by atoms with E-state index in [1.807, 2.05) is 0 Å². The van der Waals surface area contributed by atoms with Crippen LogP contribution < -0.4 is 10.6 Å². The summed E-state index contributed by atoms with van der Waals surface area (Å²) < 4.78 is 0. The maximum absolute atomic E-state index is 11.8. The van der Waals surface area contributed by atoms with Gasteiger partial charge in [0.15, 0.2) is 0 Å². The van der Waals surface area contributed by atoms with Gasteiger partial charge in [-0.05, 0) is 50.2 Å². The second-order valence-corrected chi connectivity index (χ2v) is 7.17. The molecule has 1 aliphatic rings. The Hall–Kier alpha value is -1.11. The zero-order valence-electron chi connectivity index (χ0n) is 13.4. The molecule has 1 aromatic rings. The van der Waals surface area contributed by atoms with E-state index in [9.17, 15) is 9.90 Å². The summed E-state index contributed by atoms with van der Waals surface area (Å²) in [6.45, 7) is 7.00. The van der Waals surface area contributed by atoms with E-state index >= 15 is 0 Å². The lowest BCUT2D eigenvalue weighted by atomic mass is 9.97. The fourth-order valence-corrected chi connectivity index (χ4v) is 3.58. The largest absolute Gasteiger partial charge is 0.392 e. The van der Waals surface area contributed by atoms with E-state index in [0.717, 1.165) is 19.0 Å². The van der Waals surface area contributed by atoms with Crippen molar-refractivity contribution in [3.8, 4) is 0 Å². The molecule has 2 rings (SSSR count). The van der Waals surface area contributed by atoms with E-state index in [2.05, 4.69) is 40.0 Å². The van der Waals surface area contributed by atoms with Crippen LogP contribution in [0, 0.1) is 5.92 Å². The molecular formula is C16H27N3O2S. The second-order valence-electron chi connectivity index (χ2n) is 6.19. The Morgan fingerprint density at radius 2 is 2.09 bits per heavy atom. The summed E-state index contributed by atoms with van der Waals surface area (Å²) in [6, 6.07) is 4.23. The van der Waals surface area contributed by atoms with Crippen LogP contribution in [0.3, 0.4) is 0 Å². The van der Waals surface area contributed by atoms with Gasteiger partial charge in [0.25, 0.3) is 0 Å². The summed E-state index contributed by atoms with van der Waals surface area (Å²) in [5, 5.41) is 16.9. The average Bonchev–Trinajstić information content (AvgIpc) is 3.01. The number of thiophene rings is 1. The Labute approximate surface area is 136 Å². The van der Waals surface area contributed by atoms with Gasteiger partial charge < -0.3 is 15.7 Å². The third-order valence-electron chi connectivity index (χ3n) is 4.14. The zero-order valence-corrected chi connectivity index (χ0v) is 14.2. The van der Waals surface area contributed by atoms with Crippen LogP contribution in [0.1, 0.15) is 37.6 Å². The molecule has 6 heteroatoms. The molecule has 0 saturated carbocycles. The van der Waals surface area contributed by atoms with Crippen molar-refractivity contribution < 1.29 is 9.90 Å². The van der Waals surface area contributed by atoms with Crippen LogP contribution in [0.25, 0.3) is 0 Å². The standard InChI is InChI=1S/C16H27N3O2S/c1-12-5-7-19(8-6-12)14(15-4-3-9-22-15)11-18-16(21)17-10-13(2)20/h3-4,9,12-14,20H,5-8,10-11H2,1-2H3,(H2,17,18,21)/t13-,14+/m0/s1. The van der Waals surface area contributed by atoms with Crippen molar-refractivity contribution in [3.05, 3.63) is 22.4 Å². The van der Waals surface area contributed by atoms with Crippen molar-refractivity contribution in [3.63, 3.8) is 0 Å². The molecule has 1 aliphatic heterocycles. The second kappa shape index (κ2) is 8.50. The number of aliphatic hydroxyl groups is 1. The van der Waals surface area contributed by atoms with Crippen molar-refractivity contribution in [2.24, 2.45) is 5.92 Å². The molecule has 0 bridgehead atoms.